The number of carboxylic acids is 1. The number of carbonyl (C=O) groups is 4. The van der Waals surface area contributed by atoms with Crippen molar-refractivity contribution in [1.82, 2.24) is 0 Å². The summed E-state index contributed by atoms with van der Waals surface area (Å²) in [7, 11) is 0. The Morgan fingerprint density at radius 1 is 0.906 bits per heavy atom. The summed E-state index contributed by atoms with van der Waals surface area (Å²) in [4.78, 5) is 51.9. The maximum absolute atomic E-state index is 13.2. The summed E-state index contributed by atoms with van der Waals surface area (Å²) in [6, 6.07) is 12.3. The first-order chi connectivity index (χ1) is 15.3. The van der Waals surface area contributed by atoms with E-state index in [2.05, 4.69) is 37.2 Å². The van der Waals surface area contributed by atoms with Gasteiger partial charge >= 0.3 is 5.97 Å². The minimum Gasteiger partial charge on any atom is -0.478 e. The molecule has 7 nitrogen and oxygen atoms in total. The normalized spacial score (nSPS) is 30.5. The lowest BCUT2D eigenvalue weighted by molar-refractivity contribution is -0.123. The number of hydrogen-bond donors (Lipinski definition) is 2. The Bertz CT molecular complexity index is 1140. The SMILES string of the molecule is O=C(O)c1cccc(NC(=O)c2cccc(N3C(=O)[C@@H]4[C@H]5C[C@@H]([C@@H](Br)[C@H]5Br)[C@H]4C3=O)c2)c1. The van der Waals surface area contributed by atoms with E-state index in [4.69, 9.17) is 5.11 Å². The van der Waals surface area contributed by atoms with Crippen molar-refractivity contribution in [2.45, 2.75) is 16.1 Å². The number of aromatic carboxylic acids is 1. The number of fused-ring (bicyclic) bond motifs is 5. The van der Waals surface area contributed by atoms with Crippen molar-refractivity contribution in [3.8, 4) is 0 Å². The zero-order valence-corrected chi connectivity index (χ0v) is 19.7. The van der Waals surface area contributed by atoms with Crippen LogP contribution in [0.1, 0.15) is 27.1 Å². The quantitative estimate of drug-likeness (QED) is 0.435. The maximum atomic E-state index is 13.2. The van der Waals surface area contributed by atoms with Gasteiger partial charge in [0.15, 0.2) is 0 Å². The molecular formula is C23H18Br2N2O5. The summed E-state index contributed by atoms with van der Waals surface area (Å²) in [5.74, 6) is -2.40. The number of anilines is 2. The molecule has 2 saturated carbocycles. The summed E-state index contributed by atoms with van der Waals surface area (Å²) in [6.07, 6.45) is 0.852. The van der Waals surface area contributed by atoms with Gasteiger partial charge in [-0.15, -0.1) is 0 Å². The van der Waals surface area contributed by atoms with Gasteiger partial charge in [-0.1, -0.05) is 44.0 Å². The lowest BCUT2D eigenvalue weighted by Crippen LogP contribution is -2.37. The minimum atomic E-state index is -1.09. The van der Waals surface area contributed by atoms with Crippen LogP contribution in [0.25, 0.3) is 0 Å². The van der Waals surface area contributed by atoms with Crippen LogP contribution >= 0.6 is 31.9 Å². The average molecular weight is 562 g/mol. The van der Waals surface area contributed by atoms with Crippen LogP contribution in [0.4, 0.5) is 11.4 Å². The molecule has 9 heteroatoms. The number of halogens is 2. The highest BCUT2D eigenvalue weighted by molar-refractivity contribution is 9.12. The number of imide groups is 1. The number of alkyl halides is 2. The molecule has 3 amide bonds. The third-order valence-corrected chi connectivity index (χ3v) is 9.93. The molecule has 2 N–H and O–H groups in total. The van der Waals surface area contributed by atoms with Crippen molar-refractivity contribution in [2.75, 3.05) is 10.2 Å². The van der Waals surface area contributed by atoms with E-state index < -0.39 is 11.9 Å². The van der Waals surface area contributed by atoms with E-state index >= 15 is 0 Å². The molecule has 0 spiro atoms. The molecule has 0 aromatic heterocycles. The highest BCUT2D eigenvalue weighted by Crippen LogP contribution is 2.60. The van der Waals surface area contributed by atoms with E-state index in [1.165, 1.54) is 23.1 Å². The number of benzene rings is 2. The monoisotopic (exact) mass is 560 g/mol. The molecule has 2 aromatic carbocycles. The predicted molar refractivity (Wildman–Crippen MR) is 124 cm³/mol. The minimum absolute atomic E-state index is 0.0566. The number of hydrogen-bond acceptors (Lipinski definition) is 4. The average Bonchev–Trinajstić information content (AvgIpc) is 3.38. The number of rotatable bonds is 4. The Balaban J connectivity index is 1.39. The molecule has 1 heterocycles. The Kier molecular flexibility index (Phi) is 5.21. The van der Waals surface area contributed by atoms with Crippen LogP contribution in [0.15, 0.2) is 48.5 Å². The van der Waals surface area contributed by atoms with Crippen LogP contribution in [0, 0.1) is 23.7 Å². The van der Waals surface area contributed by atoms with Crippen molar-refractivity contribution >= 4 is 66.9 Å². The molecule has 2 aromatic rings. The number of nitrogens with zero attached hydrogens (tertiary/aromatic N) is 1. The number of carboxylic acid groups (broad SMARTS) is 1. The van der Waals surface area contributed by atoms with Crippen LogP contribution in [-0.4, -0.2) is 38.5 Å². The van der Waals surface area contributed by atoms with Crippen LogP contribution in [-0.2, 0) is 9.59 Å². The first-order valence-electron chi connectivity index (χ1n) is 10.2. The van der Waals surface area contributed by atoms with Crippen LogP contribution in [0.2, 0.25) is 0 Å². The highest BCUT2D eigenvalue weighted by atomic mass is 79.9. The Morgan fingerprint density at radius 2 is 1.50 bits per heavy atom. The van der Waals surface area contributed by atoms with Gasteiger partial charge in [-0.05, 0) is 54.7 Å². The molecule has 3 aliphatic rings. The Hall–Kier alpha value is -2.52. The zero-order valence-electron chi connectivity index (χ0n) is 16.6. The van der Waals surface area contributed by atoms with Crippen LogP contribution in [0.5, 0.6) is 0 Å². The van der Waals surface area contributed by atoms with Crippen molar-refractivity contribution in [3.63, 3.8) is 0 Å². The molecule has 164 valence electrons. The van der Waals surface area contributed by atoms with Gasteiger partial charge in [-0.25, -0.2) is 4.79 Å². The van der Waals surface area contributed by atoms with Gasteiger partial charge < -0.3 is 10.4 Å². The molecule has 5 rings (SSSR count). The fraction of sp³-hybridized carbons (Fsp3) is 0.304. The molecule has 2 bridgehead atoms. The molecule has 3 fully saturated rings. The van der Waals surface area contributed by atoms with Gasteiger partial charge in [-0.3, -0.25) is 19.3 Å². The third kappa shape index (κ3) is 3.21. The zero-order chi connectivity index (χ0) is 22.7. The molecule has 1 saturated heterocycles. The smallest absolute Gasteiger partial charge is 0.335 e. The molecule has 1 aliphatic heterocycles. The predicted octanol–water partition coefficient (Wildman–Crippen LogP) is 3.92. The van der Waals surface area contributed by atoms with E-state index in [0.29, 0.717) is 11.4 Å². The second-order valence-electron chi connectivity index (χ2n) is 8.41. The summed E-state index contributed by atoms with van der Waals surface area (Å²) >= 11 is 7.36. The lowest BCUT2D eigenvalue weighted by atomic mass is 9.81. The molecule has 6 atom stereocenters. The van der Waals surface area contributed by atoms with Gasteiger partial charge in [-0.2, -0.15) is 0 Å². The highest BCUT2D eigenvalue weighted by Gasteiger charge is 2.66. The lowest BCUT2D eigenvalue weighted by Gasteiger charge is -2.28. The van der Waals surface area contributed by atoms with E-state index in [9.17, 15) is 19.2 Å². The van der Waals surface area contributed by atoms with E-state index in [0.717, 1.165) is 6.42 Å². The molecule has 0 unspecified atom stereocenters. The molecule has 32 heavy (non-hydrogen) atoms. The Morgan fingerprint density at radius 3 is 2.12 bits per heavy atom. The second-order valence-corrected chi connectivity index (χ2v) is 10.5. The van der Waals surface area contributed by atoms with Crippen molar-refractivity contribution in [3.05, 3.63) is 59.7 Å². The third-order valence-electron chi connectivity index (χ3n) is 6.72. The summed E-state index contributed by atoms with van der Waals surface area (Å²) in [5, 5.41) is 11.8. The van der Waals surface area contributed by atoms with E-state index in [-0.39, 0.29) is 56.3 Å². The van der Waals surface area contributed by atoms with Crippen molar-refractivity contribution in [1.29, 1.82) is 0 Å². The Labute approximate surface area is 200 Å². The first kappa shape index (κ1) is 21.3. The van der Waals surface area contributed by atoms with Crippen molar-refractivity contribution in [2.24, 2.45) is 23.7 Å². The molecule has 2 aliphatic carbocycles. The number of carbonyl (C=O) groups excluding carboxylic acids is 3. The van der Waals surface area contributed by atoms with Crippen molar-refractivity contribution < 1.29 is 24.3 Å². The van der Waals surface area contributed by atoms with Crippen LogP contribution < -0.4 is 10.2 Å². The summed E-state index contributed by atoms with van der Waals surface area (Å²) < 4.78 is 0. The first-order valence-corrected chi connectivity index (χ1v) is 12.0. The molecular weight excluding hydrogens is 544 g/mol. The fourth-order valence-corrected chi connectivity index (χ4v) is 7.20. The second kappa shape index (κ2) is 7.81. The van der Waals surface area contributed by atoms with E-state index in [1.54, 1.807) is 30.3 Å². The summed E-state index contributed by atoms with van der Waals surface area (Å²) in [6.45, 7) is 0. The summed E-state index contributed by atoms with van der Waals surface area (Å²) in [5.41, 5.74) is 1.03. The van der Waals surface area contributed by atoms with E-state index in [1.807, 2.05) is 0 Å². The van der Waals surface area contributed by atoms with Gasteiger partial charge in [0, 0.05) is 20.9 Å². The van der Waals surface area contributed by atoms with Gasteiger partial charge in [0.2, 0.25) is 11.8 Å². The van der Waals surface area contributed by atoms with Gasteiger partial charge in [0.1, 0.15) is 0 Å². The van der Waals surface area contributed by atoms with Gasteiger partial charge in [0.25, 0.3) is 5.91 Å². The molecule has 0 radical (unpaired) electrons. The topological polar surface area (TPSA) is 104 Å². The number of amides is 3. The fourth-order valence-electron chi connectivity index (χ4n) is 5.32. The standard InChI is InChI=1S/C23H18Br2N2O5/c24-18-14-9-15(19(18)25)17-16(14)21(29)27(22(17)30)13-6-2-3-10(8-13)20(28)26-12-5-1-4-11(7-12)23(31)32/h1-8,14-19H,9H2,(H,26,28)(H,31,32)/t14-,15-,16-,17-,18-,19+/m1/s1. The van der Waals surface area contributed by atoms with Gasteiger partial charge in [0.05, 0.1) is 23.1 Å². The van der Waals surface area contributed by atoms with Crippen LogP contribution in [0.3, 0.4) is 0 Å². The number of nitrogens with one attached hydrogen (secondary N) is 1. The largest absolute Gasteiger partial charge is 0.478 e. The maximum Gasteiger partial charge on any atom is 0.335 e.